The lowest BCUT2D eigenvalue weighted by molar-refractivity contribution is -0.0000194. The highest BCUT2D eigenvalue weighted by atomic mass is 35.5. The molecular weight excluding hydrogens is 324 g/mol. The quantitative estimate of drug-likeness (QED) is 0.731. The van der Waals surface area contributed by atoms with Crippen LogP contribution in [0.1, 0.15) is 21.6 Å². The standard InChI is InChI=1S/C19H18N2O2.ClH/c1-12-6-4-5-7-16(12)21-18-10-13(2)20-17-9-8-14(11-15(17)18)19(22)23-3;/h4-11H,1-3H3,(H,20,21);1H/p-1. The van der Waals surface area contributed by atoms with Crippen molar-refractivity contribution in [3.63, 3.8) is 0 Å². The van der Waals surface area contributed by atoms with Crippen LogP contribution in [0.4, 0.5) is 11.4 Å². The van der Waals surface area contributed by atoms with Crippen LogP contribution in [0.3, 0.4) is 0 Å². The number of aryl methyl sites for hydroxylation is 2. The molecule has 0 aliphatic carbocycles. The lowest BCUT2D eigenvalue weighted by Crippen LogP contribution is -3.00. The summed E-state index contributed by atoms with van der Waals surface area (Å²) in [5, 5.41) is 4.34. The van der Waals surface area contributed by atoms with Crippen molar-refractivity contribution in [2.45, 2.75) is 13.8 Å². The normalized spacial score (nSPS) is 10.1. The monoisotopic (exact) mass is 341 g/mol. The van der Waals surface area contributed by atoms with Gasteiger partial charge in [-0.2, -0.15) is 0 Å². The summed E-state index contributed by atoms with van der Waals surface area (Å²) in [6, 6.07) is 15.5. The van der Waals surface area contributed by atoms with Crippen molar-refractivity contribution in [1.82, 2.24) is 4.98 Å². The zero-order chi connectivity index (χ0) is 16.4. The van der Waals surface area contributed by atoms with Gasteiger partial charge in [-0.25, -0.2) is 4.79 Å². The number of carbonyl (C=O) groups is 1. The number of methoxy groups -OCH3 is 1. The molecule has 0 atom stereocenters. The molecule has 0 aliphatic heterocycles. The average Bonchev–Trinajstić information content (AvgIpc) is 2.55. The van der Waals surface area contributed by atoms with Gasteiger partial charge in [0.25, 0.3) is 0 Å². The molecule has 0 saturated heterocycles. The minimum atomic E-state index is -0.352. The summed E-state index contributed by atoms with van der Waals surface area (Å²) in [5.41, 5.74) is 5.38. The molecule has 1 N–H and O–H groups in total. The Morgan fingerprint density at radius 3 is 2.50 bits per heavy atom. The number of ether oxygens (including phenoxy) is 1. The summed E-state index contributed by atoms with van der Waals surface area (Å²) < 4.78 is 4.81. The SMILES string of the molecule is COC(=O)c1ccc2nc(C)cc(Nc3ccccc3C)c2c1.[Cl-]. The first-order chi connectivity index (χ1) is 11.1. The summed E-state index contributed by atoms with van der Waals surface area (Å²) in [6.45, 7) is 4.01. The summed E-state index contributed by atoms with van der Waals surface area (Å²) in [7, 11) is 1.38. The smallest absolute Gasteiger partial charge is 0.337 e. The number of anilines is 2. The lowest BCUT2D eigenvalue weighted by atomic mass is 10.1. The van der Waals surface area contributed by atoms with Gasteiger partial charge in [-0.15, -0.1) is 0 Å². The Morgan fingerprint density at radius 2 is 1.79 bits per heavy atom. The third-order valence-corrected chi connectivity index (χ3v) is 3.77. The second kappa shape index (κ2) is 7.32. The van der Waals surface area contributed by atoms with Crippen molar-refractivity contribution in [2.75, 3.05) is 12.4 Å². The Hall–Kier alpha value is -2.59. The Kier molecular flexibility index (Phi) is 5.42. The van der Waals surface area contributed by atoms with Gasteiger partial charge in [-0.3, -0.25) is 4.98 Å². The van der Waals surface area contributed by atoms with Crippen LogP contribution < -0.4 is 17.7 Å². The van der Waals surface area contributed by atoms with Gasteiger partial charge < -0.3 is 22.5 Å². The number of nitrogens with zero attached hydrogens (tertiary/aromatic N) is 1. The Labute approximate surface area is 147 Å². The zero-order valence-corrected chi connectivity index (χ0v) is 14.5. The number of para-hydroxylation sites is 1. The molecule has 0 bridgehead atoms. The first-order valence-electron chi connectivity index (χ1n) is 7.41. The van der Waals surface area contributed by atoms with Gasteiger partial charge in [-0.1, -0.05) is 18.2 Å². The van der Waals surface area contributed by atoms with E-state index in [1.54, 1.807) is 6.07 Å². The number of rotatable bonds is 3. The summed E-state index contributed by atoms with van der Waals surface area (Å²) in [6.07, 6.45) is 0. The predicted octanol–water partition coefficient (Wildman–Crippen LogP) is 1.39. The van der Waals surface area contributed by atoms with Crippen LogP contribution in [0.5, 0.6) is 0 Å². The molecule has 0 radical (unpaired) electrons. The van der Waals surface area contributed by atoms with Gasteiger partial charge in [0.15, 0.2) is 0 Å². The largest absolute Gasteiger partial charge is 1.00 e. The van der Waals surface area contributed by atoms with Crippen LogP contribution in [0.15, 0.2) is 48.5 Å². The van der Waals surface area contributed by atoms with Gasteiger partial charge in [0.05, 0.1) is 18.2 Å². The van der Waals surface area contributed by atoms with Crippen molar-refractivity contribution < 1.29 is 21.9 Å². The molecule has 0 unspecified atom stereocenters. The van der Waals surface area contributed by atoms with Crippen LogP contribution in [0.25, 0.3) is 10.9 Å². The molecule has 0 saturated carbocycles. The fourth-order valence-corrected chi connectivity index (χ4v) is 2.56. The fraction of sp³-hybridized carbons (Fsp3) is 0.158. The first kappa shape index (κ1) is 17.8. The molecule has 1 aromatic heterocycles. The number of nitrogens with one attached hydrogen (secondary N) is 1. The Balaban J connectivity index is 0.00000208. The molecule has 124 valence electrons. The van der Waals surface area contributed by atoms with Crippen LogP contribution in [-0.4, -0.2) is 18.1 Å². The topological polar surface area (TPSA) is 51.2 Å². The molecule has 0 aliphatic rings. The molecule has 0 spiro atoms. The molecule has 24 heavy (non-hydrogen) atoms. The molecule has 0 fully saturated rings. The van der Waals surface area contributed by atoms with Gasteiger partial charge in [-0.05, 0) is 49.7 Å². The molecule has 3 rings (SSSR count). The van der Waals surface area contributed by atoms with E-state index in [-0.39, 0.29) is 18.4 Å². The van der Waals surface area contributed by atoms with E-state index in [2.05, 4.69) is 23.3 Å². The maximum atomic E-state index is 11.8. The number of hydrogen-bond donors (Lipinski definition) is 1. The van der Waals surface area contributed by atoms with Crippen molar-refractivity contribution in [3.05, 3.63) is 65.4 Å². The van der Waals surface area contributed by atoms with Crippen LogP contribution in [0, 0.1) is 13.8 Å². The highest BCUT2D eigenvalue weighted by Gasteiger charge is 2.10. The number of aromatic nitrogens is 1. The van der Waals surface area contributed by atoms with Gasteiger partial charge in [0, 0.05) is 22.5 Å². The van der Waals surface area contributed by atoms with Crippen LogP contribution >= 0.6 is 0 Å². The van der Waals surface area contributed by atoms with Crippen molar-refractivity contribution in [2.24, 2.45) is 0 Å². The average molecular weight is 342 g/mol. The van der Waals surface area contributed by atoms with E-state index in [0.29, 0.717) is 5.56 Å². The summed E-state index contributed by atoms with van der Waals surface area (Å²) in [5.74, 6) is -0.352. The molecule has 4 nitrogen and oxygen atoms in total. The van der Waals surface area contributed by atoms with Crippen molar-refractivity contribution in [1.29, 1.82) is 0 Å². The van der Waals surface area contributed by atoms with E-state index in [9.17, 15) is 4.79 Å². The molecule has 2 aromatic carbocycles. The zero-order valence-electron chi connectivity index (χ0n) is 13.8. The highest BCUT2D eigenvalue weighted by Crippen LogP contribution is 2.28. The van der Waals surface area contributed by atoms with E-state index in [0.717, 1.165) is 33.5 Å². The Bertz CT molecular complexity index is 894. The number of carbonyl (C=O) groups excluding carboxylic acids is 1. The fourth-order valence-electron chi connectivity index (χ4n) is 2.56. The molecule has 3 aromatic rings. The number of fused-ring (bicyclic) bond motifs is 1. The summed E-state index contributed by atoms with van der Waals surface area (Å²) in [4.78, 5) is 16.3. The number of benzene rings is 2. The number of halogens is 1. The maximum absolute atomic E-state index is 11.8. The minimum absolute atomic E-state index is 0. The second-order valence-electron chi connectivity index (χ2n) is 5.47. The molecule has 0 amide bonds. The van der Waals surface area contributed by atoms with E-state index >= 15 is 0 Å². The maximum Gasteiger partial charge on any atom is 0.337 e. The number of esters is 1. The Morgan fingerprint density at radius 1 is 1.04 bits per heavy atom. The minimum Gasteiger partial charge on any atom is -1.00 e. The second-order valence-corrected chi connectivity index (χ2v) is 5.47. The van der Waals surface area contributed by atoms with Crippen molar-refractivity contribution >= 4 is 28.2 Å². The van der Waals surface area contributed by atoms with Crippen LogP contribution in [0.2, 0.25) is 0 Å². The highest BCUT2D eigenvalue weighted by molar-refractivity contribution is 5.99. The lowest BCUT2D eigenvalue weighted by Gasteiger charge is -2.13. The molecular formula is C19H18ClN2O2-. The van der Waals surface area contributed by atoms with E-state index in [1.807, 2.05) is 43.3 Å². The van der Waals surface area contributed by atoms with Crippen molar-refractivity contribution in [3.8, 4) is 0 Å². The van der Waals surface area contributed by atoms with Gasteiger partial charge >= 0.3 is 5.97 Å². The number of hydrogen-bond acceptors (Lipinski definition) is 4. The molecule has 1 heterocycles. The predicted molar refractivity (Wildman–Crippen MR) is 92.3 cm³/mol. The third-order valence-electron chi connectivity index (χ3n) is 3.77. The first-order valence-corrected chi connectivity index (χ1v) is 7.41. The molecule has 5 heteroatoms. The van der Waals surface area contributed by atoms with E-state index < -0.39 is 0 Å². The van der Waals surface area contributed by atoms with Gasteiger partial charge in [0.1, 0.15) is 0 Å². The van der Waals surface area contributed by atoms with Crippen LogP contribution in [-0.2, 0) is 4.74 Å². The van der Waals surface area contributed by atoms with E-state index in [1.165, 1.54) is 7.11 Å². The number of pyridine rings is 1. The third kappa shape index (κ3) is 3.49. The van der Waals surface area contributed by atoms with Gasteiger partial charge in [0.2, 0.25) is 0 Å². The van der Waals surface area contributed by atoms with E-state index in [4.69, 9.17) is 4.74 Å². The summed E-state index contributed by atoms with van der Waals surface area (Å²) >= 11 is 0.